The second-order valence-corrected chi connectivity index (χ2v) is 7.60. The van der Waals surface area contributed by atoms with Crippen molar-refractivity contribution in [3.8, 4) is 0 Å². The lowest BCUT2D eigenvalue weighted by molar-refractivity contribution is 0.0948. The van der Waals surface area contributed by atoms with Gasteiger partial charge in [0, 0.05) is 16.7 Å². The molecule has 3 aromatic carbocycles. The van der Waals surface area contributed by atoms with E-state index in [1.54, 1.807) is 42.5 Å². The average molecular weight is 458 g/mol. The van der Waals surface area contributed by atoms with Crippen molar-refractivity contribution in [1.82, 2.24) is 9.78 Å². The second-order valence-electron chi connectivity index (χ2n) is 6.35. The van der Waals surface area contributed by atoms with Crippen LogP contribution in [0, 0.1) is 0 Å². The zero-order chi connectivity index (χ0) is 21.1. The number of aromatic nitrogens is 2. The highest BCUT2D eigenvalue weighted by Crippen LogP contribution is 2.29. The van der Waals surface area contributed by atoms with E-state index in [0.717, 1.165) is 0 Å². The molecule has 0 aliphatic rings. The molecule has 0 saturated carbocycles. The van der Waals surface area contributed by atoms with Crippen molar-refractivity contribution in [3.63, 3.8) is 0 Å². The fourth-order valence-corrected chi connectivity index (χ4v) is 3.29. The summed E-state index contributed by atoms with van der Waals surface area (Å²) >= 11 is 18.5. The minimum Gasteiger partial charge on any atom is -0.339 e. The topological polar surface area (TPSA) is 59.0 Å². The lowest BCUT2D eigenvalue weighted by atomic mass is 10.2. The molecule has 0 atom stereocenters. The molecule has 0 spiro atoms. The van der Waals surface area contributed by atoms with Gasteiger partial charge in [-0.1, -0.05) is 59.1 Å². The van der Waals surface area contributed by atoms with Gasteiger partial charge in [0.25, 0.3) is 5.91 Å². The van der Waals surface area contributed by atoms with Gasteiger partial charge in [0.2, 0.25) is 0 Å². The molecule has 0 fully saturated rings. The third kappa shape index (κ3) is 4.44. The Morgan fingerprint density at radius 1 is 0.767 bits per heavy atom. The maximum Gasteiger partial charge on any atom is 0.280 e. The normalized spacial score (nSPS) is 10.6. The number of carbonyl (C=O) groups is 1. The van der Waals surface area contributed by atoms with Crippen LogP contribution in [-0.4, -0.2) is 15.7 Å². The van der Waals surface area contributed by atoms with E-state index >= 15 is 0 Å². The molecule has 0 bridgehead atoms. The van der Waals surface area contributed by atoms with Gasteiger partial charge in [-0.05, 0) is 48.5 Å². The number of nitrogens with one attached hydrogen (secondary N) is 2. The van der Waals surface area contributed by atoms with Crippen molar-refractivity contribution >= 4 is 63.7 Å². The fourth-order valence-electron chi connectivity index (χ4n) is 2.80. The van der Waals surface area contributed by atoms with E-state index in [1.807, 2.05) is 36.4 Å². The first-order valence-electron chi connectivity index (χ1n) is 8.95. The summed E-state index contributed by atoms with van der Waals surface area (Å²) in [5.74, 6) is 0.561. The number of hydrogen-bond acceptors (Lipinski definition) is 4. The van der Waals surface area contributed by atoms with Gasteiger partial charge in [0.05, 0.1) is 21.4 Å². The summed E-state index contributed by atoms with van der Waals surface area (Å²) in [7, 11) is 0. The number of rotatable bonds is 5. The highest BCUT2D eigenvalue weighted by molar-refractivity contribution is 6.33. The quantitative estimate of drug-likeness (QED) is 0.338. The number of carbonyl (C=O) groups excluding carboxylic acids is 1. The van der Waals surface area contributed by atoms with Gasteiger partial charge in [-0.3, -0.25) is 4.79 Å². The van der Waals surface area contributed by atoms with Crippen molar-refractivity contribution in [3.05, 3.63) is 99.5 Å². The first-order chi connectivity index (χ1) is 14.5. The summed E-state index contributed by atoms with van der Waals surface area (Å²) in [6.07, 6.45) is 0. The molecular formula is C22H15Cl3N4O. The third-order valence-corrected chi connectivity index (χ3v) is 5.18. The van der Waals surface area contributed by atoms with Crippen LogP contribution in [0.3, 0.4) is 0 Å². The van der Waals surface area contributed by atoms with E-state index in [0.29, 0.717) is 43.6 Å². The minimum atomic E-state index is -0.326. The third-order valence-electron chi connectivity index (χ3n) is 4.27. The number of para-hydroxylation sites is 2. The average Bonchev–Trinajstić information content (AvgIpc) is 3.14. The van der Waals surface area contributed by atoms with Crippen LogP contribution in [0.2, 0.25) is 15.1 Å². The van der Waals surface area contributed by atoms with E-state index in [4.69, 9.17) is 34.8 Å². The van der Waals surface area contributed by atoms with E-state index < -0.39 is 0 Å². The number of anilines is 4. The Kier molecular flexibility index (Phi) is 5.95. The molecule has 0 radical (unpaired) electrons. The van der Waals surface area contributed by atoms with Crippen molar-refractivity contribution in [2.45, 2.75) is 0 Å². The Labute approximate surface area is 188 Å². The molecule has 4 aromatic rings. The standard InChI is InChI=1S/C22H15Cl3N4O/c23-15-11-9-14(10-12-15)22(30)29-21(27-19-8-4-2-6-17(19)25)13-20(28-29)26-18-7-3-1-5-16(18)24/h1-13,27H,(H,26,28). The molecular weight excluding hydrogens is 443 g/mol. The summed E-state index contributed by atoms with van der Waals surface area (Å²) in [5.41, 5.74) is 1.76. The van der Waals surface area contributed by atoms with Gasteiger partial charge in [-0.15, -0.1) is 5.10 Å². The summed E-state index contributed by atoms with van der Waals surface area (Å²) in [5, 5.41) is 12.3. The maximum atomic E-state index is 13.1. The SMILES string of the molecule is O=C(c1ccc(Cl)cc1)n1nc(Nc2ccccc2Cl)cc1Nc1ccccc1Cl. The molecule has 0 saturated heterocycles. The molecule has 0 unspecified atom stereocenters. The minimum absolute atomic E-state index is 0.326. The van der Waals surface area contributed by atoms with Gasteiger partial charge >= 0.3 is 0 Å². The van der Waals surface area contributed by atoms with Crippen LogP contribution in [0.4, 0.5) is 23.0 Å². The maximum absolute atomic E-state index is 13.1. The van der Waals surface area contributed by atoms with E-state index in [1.165, 1.54) is 4.68 Å². The second kappa shape index (κ2) is 8.79. The molecule has 5 nitrogen and oxygen atoms in total. The van der Waals surface area contributed by atoms with Gasteiger partial charge < -0.3 is 10.6 Å². The molecule has 1 heterocycles. The van der Waals surface area contributed by atoms with Gasteiger partial charge in [0.15, 0.2) is 5.82 Å². The first-order valence-corrected chi connectivity index (χ1v) is 10.1. The monoisotopic (exact) mass is 456 g/mol. The summed E-state index contributed by atoms with van der Waals surface area (Å²) in [6, 6.07) is 22.8. The van der Waals surface area contributed by atoms with Crippen LogP contribution < -0.4 is 10.6 Å². The van der Waals surface area contributed by atoms with Crippen LogP contribution in [0.1, 0.15) is 10.4 Å². The Morgan fingerprint density at radius 3 is 1.93 bits per heavy atom. The smallest absolute Gasteiger partial charge is 0.280 e. The Bertz CT molecular complexity index is 1210. The zero-order valence-electron chi connectivity index (χ0n) is 15.4. The molecule has 30 heavy (non-hydrogen) atoms. The van der Waals surface area contributed by atoms with E-state index in [9.17, 15) is 4.79 Å². The molecule has 150 valence electrons. The van der Waals surface area contributed by atoms with Gasteiger partial charge in [-0.25, -0.2) is 0 Å². The molecule has 0 aliphatic heterocycles. The number of nitrogens with zero attached hydrogens (tertiary/aromatic N) is 2. The van der Waals surface area contributed by atoms with Crippen molar-refractivity contribution < 1.29 is 4.79 Å². The number of halogens is 3. The van der Waals surface area contributed by atoms with E-state index in [2.05, 4.69) is 15.7 Å². The predicted octanol–water partition coefficient (Wildman–Crippen LogP) is 7.02. The Hall–Kier alpha value is -2.99. The van der Waals surface area contributed by atoms with Crippen LogP contribution in [0.15, 0.2) is 78.9 Å². The fraction of sp³-hybridized carbons (Fsp3) is 0. The largest absolute Gasteiger partial charge is 0.339 e. The van der Waals surface area contributed by atoms with Crippen molar-refractivity contribution in [1.29, 1.82) is 0 Å². The Balaban J connectivity index is 1.73. The van der Waals surface area contributed by atoms with Crippen molar-refractivity contribution in [2.24, 2.45) is 0 Å². The highest BCUT2D eigenvalue weighted by Gasteiger charge is 2.18. The van der Waals surface area contributed by atoms with Crippen LogP contribution in [-0.2, 0) is 0 Å². The summed E-state index contributed by atoms with van der Waals surface area (Å²) in [6.45, 7) is 0. The number of benzene rings is 3. The van der Waals surface area contributed by atoms with Crippen LogP contribution in [0.5, 0.6) is 0 Å². The summed E-state index contributed by atoms with van der Waals surface area (Å²) in [4.78, 5) is 13.1. The molecule has 0 aliphatic carbocycles. The van der Waals surface area contributed by atoms with Gasteiger partial charge in [-0.2, -0.15) is 4.68 Å². The van der Waals surface area contributed by atoms with Crippen LogP contribution in [0.25, 0.3) is 0 Å². The first kappa shape index (κ1) is 20.3. The Morgan fingerprint density at radius 2 is 1.33 bits per heavy atom. The van der Waals surface area contributed by atoms with Gasteiger partial charge in [0.1, 0.15) is 5.82 Å². The lowest BCUT2D eigenvalue weighted by Crippen LogP contribution is -2.16. The molecule has 1 aromatic heterocycles. The molecule has 2 N–H and O–H groups in total. The van der Waals surface area contributed by atoms with Crippen LogP contribution >= 0.6 is 34.8 Å². The lowest BCUT2D eigenvalue weighted by Gasteiger charge is -2.10. The predicted molar refractivity (Wildman–Crippen MR) is 123 cm³/mol. The molecule has 0 amide bonds. The molecule has 4 rings (SSSR count). The highest BCUT2D eigenvalue weighted by atomic mass is 35.5. The van der Waals surface area contributed by atoms with E-state index in [-0.39, 0.29) is 5.91 Å². The summed E-state index contributed by atoms with van der Waals surface area (Å²) < 4.78 is 1.27. The van der Waals surface area contributed by atoms with Crippen molar-refractivity contribution in [2.75, 3.05) is 10.6 Å². The molecule has 8 heteroatoms. The number of hydrogen-bond donors (Lipinski definition) is 2. The zero-order valence-corrected chi connectivity index (χ0v) is 17.7.